The molecule has 5 heteroatoms. The molecule has 3 nitrogen and oxygen atoms in total. The Kier molecular flexibility index (Phi) is 4.75. The van der Waals surface area contributed by atoms with Gasteiger partial charge in [0.15, 0.2) is 11.5 Å². The van der Waals surface area contributed by atoms with E-state index in [4.69, 9.17) is 15.2 Å². The zero-order chi connectivity index (χ0) is 15.4. The molecule has 2 N–H and O–H groups in total. The highest BCUT2D eigenvalue weighted by molar-refractivity contribution is 5.43. The van der Waals surface area contributed by atoms with E-state index in [9.17, 15) is 8.78 Å². The Balaban J connectivity index is 2.25. The van der Waals surface area contributed by atoms with Crippen LogP contribution in [0.25, 0.3) is 0 Å². The Morgan fingerprint density at radius 2 is 1.62 bits per heavy atom. The van der Waals surface area contributed by atoms with Gasteiger partial charge in [-0.3, -0.25) is 0 Å². The topological polar surface area (TPSA) is 44.5 Å². The summed E-state index contributed by atoms with van der Waals surface area (Å²) in [6, 6.07) is 8.22. The van der Waals surface area contributed by atoms with Crippen LogP contribution in [0.1, 0.15) is 17.2 Å². The quantitative estimate of drug-likeness (QED) is 0.920. The first-order valence-electron chi connectivity index (χ1n) is 6.47. The molecule has 2 aromatic carbocycles. The van der Waals surface area contributed by atoms with Gasteiger partial charge >= 0.3 is 0 Å². The molecule has 0 aliphatic rings. The summed E-state index contributed by atoms with van der Waals surface area (Å²) in [6.07, 6.45) is 0.290. The van der Waals surface area contributed by atoms with Gasteiger partial charge in [-0.25, -0.2) is 8.78 Å². The number of hydrogen-bond donors (Lipinski definition) is 1. The molecule has 0 aliphatic carbocycles. The largest absolute Gasteiger partial charge is 0.493 e. The van der Waals surface area contributed by atoms with Gasteiger partial charge in [0.05, 0.1) is 14.2 Å². The first-order chi connectivity index (χ1) is 10.1. The van der Waals surface area contributed by atoms with E-state index in [0.717, 1.165) is 5.56 Å². The summed E-state index contributed by atoms with van der Waals surface area (Å²) in [4.78, 5) is 0. The van der Waals surface area contributed by atoms with Gasteiger partial charge in [0.1, 0.15) is 11.6 Å². The average Bonchev–Trinajstić information content (AvgIpc) is 2.46. The number of benzene rings is 2. The highest BCUT2D eigenvalue weighted by atomic mass is 19.1. The second kappa shape index (κ2) is 6.54. The summed E-state index contributed by atoms with van der Waals surface area (Å²) in [6.45, 7) is 0. The van der Waals surface area contributed by atoms with Crippen LogP contribution in [0, 0.1) is 11.6 Å². The fourth-order valence-electron chi connectivity index (χ4n) is 2.23. The van der Waals surface area contributed by atoms with Gasteiger partial charge < -0.3 is 15.2 Å². The third-order valence-corrected chi connectivity index (χ3v) is 3.27. The molecule has 1 unspecified atom stereocenters. The molecule has 2 rings (SSSR count). The van der Waals surface area contributed by atoms with Gasteiger partial charge in [-0.05, 0) is 36.2 Å². The van der Waals surface area contributed by atoms with Crippen molar-refractivity contribution in [3.63, 3.8) is 0 Å². The Labute approximate surface area is 122 Å². The van der Waals surface area contributed by atoms with Crippen molar-refractivity contribution in [3.05, 3.63) is 59.2 Å². The van der Waals surface area contributed by atoms with Crippen molar-refractivity contribution in [2.75, 3.05) is 14.2 Å². The second-order valence-corrected chi connectivity index (χ2v) is 4.64. The molecule has 0 saturated heterocycles. The maximum absolute atomic E-state index is 13.7. The van der Waals surface area contributed by atoms with Crippen molar-refractivity contribution < 1.29 is 18.3 Å². The van der Waals surface area contributed by atoms with Crippen molar-refractivity contribution in [1.82, 2.24) is 0 Å². The molecule has 0 bridgehead atoms. The highest BCUT2D eigenvalue weighted by Gasteiger charge is 2.17. The molecule has 112 valence electrons. The molecule has 0 radical (unpaired) electrons. The maximum atomic E-state index is 13.7. The minimum Gasteiger partial charge on any atom is -0.493 e. The summed E-state index contributed by atoms with van der Waals surface area (Å²) in [5.74, 6) is -0.131. The molecule has 0 aromatic heterocycles. The van der Waals surface area contributed by atoms with Crippen LogP contribution in [-0.2, 0) is 6.42 Å². The molecular weight excluding hydrogens is 276 g/mol. The summed E-state index contributed by atoms with van der Waals surface area (Å²) in [5.41, 5.74) is 6.64. The molecule has 0 saturated carbocycles. The predicted octanol–water partition coefficient (Wildman–Crippen LogP) is 3.22. The minimum atomic E-state index is -0.774. The van der Waals surface area contributed by atoms with Gasteiger partial charge in [-0.2, -0.15) is 0 Å². The van der Waals surface area contributed by atoms with E-state index in [-0.39, 0.29) is 12.0 Å². The molecular formula is C16H17F2NO2. The molecule has 0 aliphatic heterocycles. The van der Waals surface area contributed by atoms with Gasteiger partial charge in [-0.15, -0.1) is 0 Å². The van der Waals surface area contributed by atoms with Crippen molar-refractivity contribution in [3.8, 4) is 11.5 Å². The number of halogens is 2. The summed E-state index contributed by atoms with van der Waals surface area (Å²) in [7, 11) is 3.07. The van der Waals surface area contributed by atoms with Gasteiger partial charge in [0, 0.05) is 11.6 Å². The molecule has 21 heavy (non-hydrogen) atoms. The molecule has 0 fully saturated rings. The molecule has 0 spiro atoms. The van der Waals surface area contributed by atoms with E-state index in [2.05, 4.69) is 0 Å². The smallest absolute Gasteiger partial charge is 0.160 e. The van der Waals surface area contributed by atoms with Crippen LogP contribution in [0.2, 0.25) is 0 Å². The second-order valence-electron chi connectivity index (χ2n) is 4.64. The highest BCUT2D eigenvalue weighted by Crippen LogP contribution is 2.30. The van der Waals surface area contributed by atoms with Crippen LogP contribution < -0.4 is 15.2 Å². The minimum absolute atomic E-state index is 0.104. The van der Waals surface area contributed by atoms with Crippen LogP contribution in [-0.4, -0.2) is 14.2 Å². The number of ether oxygens (including phenoxy) is 2. The van der Waals surface area contributed by atoms with E-state index < -0.39 is 17.7 Å². The summed E-state index contributed by atoms with van der Waals surface area (Å²) < 4.78 is 37.7. The van der Waals surface area contributed by atoms with E-state index in [0.29, 0.717) is 11.5 Å². The molecule has 2 aromatic rings. The number of nitrogens with two attached hydrogens (primary N) is 1. The van der Waals surface area contributed by atoms with Crippen molar-refractivity contribution in [2.45, 2.75) is 12.5 Å². The van der Waals surface area contributed by atoms with E-state index in [1.54, 1.807) is 18.2 Å². The molecule has 1 atom stereocenters. The fourth-order valence-corrected chi connectivity index (χ4v) is 2.23. The lowest BCUT2D eigenvalue weighted by Crippen LogP contribution is -2.17. The lowest BCUT2D eigenvalue weighted by Gasteiger charge is -2.15. The Morgan fingerprint density at radius 1 is 1.00 bits per heavy atom. The van der Waals surface area contributed by atoms with Crippen molar-refractivity contribution in [1.29, 1.82) is 0 Å². The molecule has 0 heterocycles. The zero-order valence-corrected chi connectivity index (χ0v) is 11.9. The lowest BCUT2D eigenvalue weighted by atomic mass is 9.98. The monoisotopic (exact) mass is 293 g/mol. The van der Waals surface area contributed by atoms with Gasteiger partial charge in [-0.1, -0.05) is 12.1 Å². The standard InChI is InChI=1S/C16H17F2NO2/c1-20-14-7-6-10(9-15(14)21-2)8-13(19)16-11(17)4-3-5-12(16)18/h3-7,9,13H,8,19H2,1-2H3. The van der Waals surface area contributed by atoms with Gasteiger partial charge in [0.2, 0.25) is 0 Å². The van der Waals surface area contributed by atoms with Crippen LogP contribution >= 0.6 is 0 Å². The third-order valence-electron chi connectivity index (χ3n) is 3.27. The Bertz CT molecular complexity index is 611. The lowest BCUT2D eigenvalue weighted by molar-refractivity contribution is 0.354. The van der Waals surface area contributed by atoms with E-state index in [1.807, 2.05) is 0 Å². The average molecular weight is 293 g/mol. The van der Waals surface area contributed by atoms with Crippen molar-refractivity contribution >= 4 is 0 Å². The zero-order valence-electron chi connectivity index (χ0n) is 11.9. The van der Waals surface area contributed by atoms with Crippen LogP contribution in [0.5, 0.6) is 11.5 Å². The predicted molar refractivity (Wildman–Crippen MR) is 76.5 cm³/mol. The number of methoxy groups -OCH3 is 2. The number of rotatable bonds is 5. The van der Waals surface area contributed by atoms with E-state index >= 15 is 0 Å². The SMILES string of the molecule is COc1ccc(CC(N)c2c(F)cccc2F)cc1OC. The van der Waals surface area contributed by atoms with Crippen molar-refractivity contribution in [2.24, 2.45) is 5.73 Å². The number of hydrogen-bond acceptors (Lipinski definition) is 3. The third kappa shape index (κ3) is 3.31. The fraction of sp³-hybridized carbons (Fsp3) is 0.250. The van der Waals surface area contributed by atoms with Crippen LogP contribution in [0.3, 0.4) is 0 Å². The normalized spacial score (nSPS) is 12.0. The Hall–Kier alpha value is -2.14. The van der Waals surface area contributed by atoms with E-state index in [1.165, 1.54) is 32.4 Å². The summed E-state index contributed by atoms with van der Waals surface area (Å²) >= 11 is 0. The maximum Gasteiger partial charge on any atom is 0.160 e. The van der Waals surface area contributed by atoms with Crippen LogP contribution in [0.4, 0.5) is 8.78 Å². The first-order valence-corrected chi connectivity index (χ1v) is 6.47. The van der Waals surface area contributed by atoms with Crippen LogP contribution in [0.15, 0.2) is 36.4 Å². The first kappa shape index (κ1) is 15.3. The Morgan fingerprint density at radius 3 is 2.19 bits per heavy atom. The van der Waals surface area contributed by atoms with Gasteiger partial charge in [0.25, 0.3) is 0 Å². The molecule has 0 amide bonds. The summed E-state index contributed by atoms with van der Waals surface area (Å²) in [5, 5.41) is 0.